The number of nitrogens with zero attached hydrogens (tertiary/aromatic N) is 2. The van der Waals surface area contributed by atoms with Crippen LogP contribution in [0.15, 0.2) is 48.9 Å². The van der Waals surface area contributed by atoms with Crippen molar-refractivity contribution >= 4 is 24.9 Å². The molecule has 1 aliphatic rings. The van der Waals surface area contributed by atoms with Crippen LogP contribution in [0.4, 0.5) is 0 Å². The van der Waals surface area contributed by atoms with Gasteiger partial charge in [0.25, 0.3) is 5.91 Å². The highest BCUT2D eigenvalue weighted by Crippen LogP contribution is 2.14. The number of benzene rings is 1. The maximum absolute atomic E-state index is 13.5. The number of carbonyl (C=O) groups is 3. The number of nitrogens with one attached hydrogen (secondary N) is 3. The molecule has 1 unspecified atom stereocenters. The van der Waals surface area contributed by atoms with Crippen molar-refractivity contribution in [1.29, 1.82) is 0 Å². The molecule has 2 aromatic rings. The van der Waals surface area contributed by atoms with E-state index in [1.165, 1.54) is 18.6 Å². The van der Waals surface area contributed by atoms with E-state index in [-0.39, 0.29) is 24.1 Å². The SMILES string of the molecule is CC(C)C[C@H](NC(=O)C(Cc1ccccc1)NC(=O)c1cnccn1)B1OC[C@@H](C)N[C@H](C)C(=O)O1. The number of amides is 2. The van der Waals surface area contributed by atoms with Crippen LogP contribution in [0.2, 0.25) is 0 Å². The maximum atomic E-state index is 13.5. The van der Waals surface area contributed by atoms with Crippen molar-refractivity contribution < 1.29 is 23.7 Å². The summed E-state index contributed by atoms with van der Waals surface area (Å²) in [6.45, 7) is 7.97. The van der Waals surface area contributed by atoms with E-state index in [4.69, 9.17) is 9.31 Å². The van der Waals surface area contributed by atoms with Crippen LogP contribution in [0, 0.1) is 5.92 Å². The maximum Gasteiger partial charge on any atom is 0.551 e. The van der Waals surface area contributed by atoms with Crippen LogP contribution in [-0.4, -0.2) is 65.5 Å². The highest BCUT2D eigenvalue weighted by atomic mass is 16.6. The van der Waals surface area contributed by atoms with Crippen LogP contribution in [0.3, 0.4) is 0 Å². The summed E-state index contributed by atoms with van der Waals surface area (Å²) in [7, 11) is -0.955. The van der Waals surface area contributed by atoms with Crippen LogP contribution in [0.25, 0.3) is 0 Å². The van der Waals surface area contributed by atoms with E-state index >= 15 is 0 Å². The molecule has 10 nitrogen and oxygen atoms in total. The van der Waals surface area contributed by atoms with E-state index in [0.29, 0.717) is 13.0 Å². The Balaban J connectivity index is 1.81. The molecule has 2 heterocycles. The van der Waals surface area contributed by atoms with E-state index in [1.54, 1.807) is 6.92 Å². The second-order valence-corrected chi connectivity index (χ2v) is 9.48. The molecule has 36 heavy (non-hydrogen) atoms. The number of carbonyl (C=O) groups excluding carboxylic acids is 3. The summed E-state index contributed by atoms with van der Waals surface area (Å²) in [6, 6.07) is 7.92. The zero-order valence-electron chi connectivity index (χ0n) is 21.1. The third-order valence-corrected chi connectivity index (χ3v) is 5.71. The van der Waals surface area contributed by atoms with E-state index in [0.717, 1.165) is 5.56 Å². The molecule has 4 atom stereocenters. The Kier molecular flexibility index (Phi) is 9.95. The molecule has 0 saturated carbocycles. The van der Waals surface area contributed by atoms with Crippen LogP contribution >= 0.6 is 0 Å². The van der Waals surface area contributed by atoms with Crippen LogP contribution < -0.4 is 16.0 Å². The largest absolute Gasteiger partial charge is 0.551 e. The second-order valence-electron chi connectivity index (χ2n) is 9.48. The molecule has 1 aliphatic heterocycles. The Bertz CT molecular complexity index is 1010. The van der Waals surface area contributed by atoms with Gasteiger partial charge in [0.05, 0.1) is 12.1 Å². The van der Waals surface area contributed by atoms with Gasteiger partial charge in [0.15, 0.2) is 0 Å². The van der Waals surface area contributed by atoms with Crippen molar-refractivity contribution in [1.82, 2.24) is 25.9 Å². The minimum absolute atomic E-state index is 0.0668. The molecule has 1 aromatic heterocycles. The Hall–Kier alpha value is -3.31. The average Bonchev–Trinajstić information content (AvgIpc) is 2.85. The first-order valence-electron chi connectivity index (χ1n) is 12.2. The third kappa shape index (κ3) is 8.13. The van der Waals surface area contributed by atoms with Gasteiger partial charge in [-0.1, -0.05) is 44.2 Å². The van der Waals surface area contributed by atoms with Crippen LogP contribution in [0.1, 0.15) is 50.2 Å². The summed E-state index contributed by atoms with van der Waals surface area (Å²) < 4.78 is 11.5. The predicted molar refractivity (Wildman–Crippen MR) is 135 cm³/mol. The summed E-state index contributed by atoms with van der Waals surface area (Å²) in [6.07, 6.45) is 4.99. The lowest BCUT2D eigenvalue weighted by Gasteiger charge is -2.31. The fourth-order valence-electron chi connectivity index (χ4n) is 3.97. The van der Waals surface area contributed by atoms with Gasteiger partial charge in [0, 0.05) is 31.5 Å². The second kappa shape index (κ2) is 13.1. The molecule has 3 rings (SSSR count). The molecular formula is C25H34BN5O5. The molecule has 1 fully saturated rings. The quantitative estimate of drug-likeness (QED) is 0.444. The van der Waals surface area contributed by atoms with Gasteiger partial charge in [0.2, 0.25) is 5.91 Å². The van der Waals surface area contributed by atoms with Crippen molar-refractivity contribution in [2.24, 2.45) is 5.92 Å². The van der Waals surface area contributed by atoms with Gasteiger partial charge in [-0.3, -0.25) is 24.7 Å². The zero-order chi connectivity index (χ0) is 26.1. The first kappa shape index (κ1) is 27.3. The van der Waals surface area contributed by atoms with Gasteiger partial charge in [-0.2, -0.15) is 0 Å². The molecule has 0 aliphatic carbocycles. The van der Waals surface area contributed by atoms with Crippen LogP contribution in [-0.2, 0) is 25.3 Å². The van der Waals surface area contributed by atoms with Gasteiger partial charge in [-0.05, 0) is 31.7 Å². The molecule has 0 spiro atoms. The Morgan fingerprint density at radius 3 is 2.58 bits per heavy atom. The lowest BCUT2D eigenvalue weighted by atomic mass is 9.73. The molecule has 3 N–H and O–H groups in total. The predicted octanol–water partition coefficient (Wildman–Crippen LogP) is 1.32. The molecular weight excluding hydrogens is 461 g/mol. The molecule has 0 radical (unpaired) electrons. The Morgan fingerprint density at radius 1 is 1.17 bits per heavy atom. The number of hydrogen-bond donors (Lipinski definition) is 3. The highest BCUT2D eigenvalue weighted by molar-refractivity contribution is 6.49. The van der Waals surface area contributed by atoms with Crippen molar-refractivity contribution in [2.45, 2.75) is 64.6 Å². The number of hydrogen-bond acceptors (Lipinski definition) is 8. The third-order valence-electron chi connectivity index (χ3n) is 5.71. The first-order chi connectivity index (χ1) is 17.2. The zero-order valence-corrected chi connectivity index (χ0v) is 21.1. The van der Waals surface area contributed by atoms with Crippen molar-refractivity contribution in [3.05, 3.63) is 60.2 Å². The smallest absolute Gasteiger partial charge is 0.507 e. The fraction of sp³-hybridized carbons (Fsp3) is 0.480. The minimum Gasteiger partial charge on any atom is -0.507 e. The van der Waals surface area contributed by atoms with Crippen molar-refractivity contribution in [3.8, 4) is 0 Å². The summed E-state index contributed by atoms with van der Waals surface area (Å²) in [5.41, 5.74) is 0.981. The summed E-state index contributed by atoms with van der Waals surface area (Å²) in [4.78, 5) is 46.8. The van der Waals surface area contributed by atoms with E-state index in [9.17, 15) is 14.4 Å². The normalized spacial score (nSPS) is 20.0. The summed E-state index contributed by atoms with van der Waals surface area (Å²) in [5.74, 6) is -1.81. The highest BCUT2D eigenvalue weighted by Gasteiger charge is 2.40. The van der Waals surface area contributed by atoms with Gasteiger partial charge >= 0.3 is 13.1 Å². The van der Waals surface area contributed by atoms with Gasteiger partial charge < -0.3 is 19.9 Å². The van der Waals surface area contributed by atoms with Crippen molar-refractivity contribution in [3.63, 3.8) is 0 Å². The molecule has 11 heteroatoms. The molecule has 1 saturated heterocycles. The average molecular weight is 495 g/mol. The van der Waals surface area contributed by atoms with Crippen molar-refractivity contribution in [2.75, 3.05) is 6.61 Å². The molecule has 1 aromatic carbocycles. The summed E-state index contributed by atoms with van der Waals surface area (Å²) in [5, 5.41) is 8.87. The fourth-order valence-corrected chi connectivity index (χ4v) is 3.97. The van der Waals surface area contributed by atoms with E-state index in [1.807, 2.05) is 51.1 Å². The monoisotopic (exact) mass is 495 g/mol. The van der Waals surface area contributed by atoms with E-state index < -0.39 is 42.9 Å². The number of aromatic nitrogens is 2. The van der Waals surface area contributed by atoms with E-state index in [2.05, 4.69) is 25.9 Å². The molecule has 2 amide bonds. The first-order valence-corrected chi connectivity index (χ1v) is 12.2. The Morgan fingerprint density at radius 2 is 1.92 bits per heavy atom. The summed E-state index contributed by atoms with van der Waals surface area (Å²) >= 11 is 0. The lowest BCUT2D eigenvalue weighted by molar-refractivity contribution is -0.139. The lowest BCUT2D eigenvalue weighted by Crippen LogP contribution is -2.59. The molecule has 0 bridgehead atoms. The number of rotatable bonds is 9. The van der Waals surface area contributed by atoms with Gasteiger partial charge in [-0.15, -0.1) is 0 Å². The van der Waals surface area contributed by atoms with Gasteiger partial charge in [-0.25, -0.2) is 4.98 Å². The van der Waals surface area contributed by atoms with Crippen LogP contribution in [0.5, 0.6) is 0 Å². The standard InChI is InChI=1S/C25H34BN5O5/c1-16(2)12-22(26-35-15-17(3)29-18(4)25(34)36-26)31-23(32)20(13-19-8-6-5-7-9-19)30-24(33)21-14-27-10-11-28-21/h5-11,14,16-18,20,22,29H,12-13,15H2,1-4H3,(H,30,33)(H,31,32)/t17-,18-,20?,22+/m1/s1. The Labute approximate surface area is 212 Å². The van der Waals surface area contributed by atoms with Gasteiger partial charge in [0.1, 0.15) is 17.8 Å². The minimum atomic E-state index is -0.955. The molecule has 192 valence electrons. The topological polar surface area (TPSA) is 132 Å².